The molecular formula is C13H25N3O. The van der Waals surface area contributed by atoms with Crippen molar-refractivity contribution in [3.05, 3.63) is 0 Å². The fraction of sp³-hybridized carbons (Fsp3) is 0.923. The smallest absolute Gasteiger partial charge is 0.229 e. The van der Waals surface area contributed by atoms with E-state index in [4.69, 9.17) is 0 Å². The van der Waals surface area contributed by atoms with Crippen LogP contribution in [0, 0.1) is 5.41 Å². The molecule has 2 saturated heterocycles. The zero-order chi connectivity index (χ0) is 12.5. The fourth-order valence-electron chi connectivity index (χ4n) is 2.85. The Morgan fingerprint density at radius 3 is 2.76 bits per heavy atom. The van der Waals surface area contributed by atoms with Crippen LogP contribution in [0.2, 0.25) is 0 Å². The van der Waals surface area contributed by atoms with E-state index in [1.165, 1.54) is 0 Å². The number of amides is 1. The van der Waals surface area contributed by atoms with Gasteiger partial charge in [-0.05, 0) is 40.3 Å². The third kappa shape index (κ3) is 2.63. The van der Waals surface area contributed by atoms with Gasteiger partial charge in [0.15, 0.2) is 0 Å². The van der Waals surface area contributed by atoms with Gasteiger partial charge in [-0.2, -0.15) is 0 Å². The summed E-state index contributed by atoms with van der Waals surface area (Å²) in [6, 6.07) is 0.479. The van der Waals surface area contributed by atoms with Gasteiger partial charge in [0.25, 0.3) is 0 Å². The minimum Gasteiger partial charge on any atom is -0.339 e. The van der Waals surface area contributed by atoms with Crippen molar-refractivity contribution in [1.82, 2.24) is 15.1 Å². The van der Waals surface area contributed by atoms with Crippen molar-refractivity contribution >= 4 is 5.91 Å². The van der Waals surface area contributed by atoms with Gasteiger partial charge in [0.1, 0.15) is 0 Å². The van der Waals surface area contributed by atoms with Gasteiger partial charge in [0, 0.05) is 32.2 Å². The molecule has 4 nitrogen and oxygen atoms in total. The van der Waals surface area contributed by atoms with Gasteiger partial charge in [-0.15, -0.1) is 0 Å². The highest BCUT2D eigenvalue weighted by molar-refractivity contribution is 5.83. The number of piperidine rings is 1. The zero-order valence-corrected chi connectivity index (χ0v) is 11.3. The first-order valence-electron chi connectivity index (χ1n) is 6.73. The molecule has 0 spiro atoms. The second kappa shape index (κ2) is 4.94. The summed E-state index contributed by atoms with van der Waals surface area (Å²) in [5, 5.41) is 3.36. The van der Waals surface area contributed by atoms with Gasteiger partial charge >= 0.3 is 0 Å². The van der Waals surface area contributed by atoms with Crippen LogP contribution < -0.4 is 5.32 Å². The van der Waals surface area contributed by atoms with Crippen LogP contribution in [0.4, 0.5) is 0 Å². The first-order valence-corrected chi connectivity index (χ1v) is 6.73. The number of carbonyl (C=O) groups is 1. The molecule has 2 heterocycles. The molecule has 0 aromatic heterocycles. The number of piperazine rings is 1. The number of nitrogens with one attached hydrogen (secondary N) is 1. The van der Waals surface area contributed by atoms with Crippen molar-refractivity contribution in [3.8, 4) is 0 Å². The number of rotatable bonds is 1. The normalized spacial score (nSPS) is 35.9. The maximum absolute atomic E-state index is 12.6. The lowest BCUT2D eigenvalue weighted by Gasteiger charge is -2.43. The van der Waals surface area contributed by atoms with Crippen LogP contribution in [-0.4, -0.2) is 61.5 Å². The number of nitrogens with zero attached hydrogens (tertiary/aromatic N) is 2. The Morgan fingerprint density at radius 2 is 2.18 bits per heavy atom. The molecule has 2 aliphatic heterocycles. The van der Waals surface area contributed by atoms with Crippen molar-refractivity contribution < 1.29 is 4.79 Å². The monoisotopic (exact) mass is 239 g/mol. The van der Waals surface area contributed by atoms with Crippen molar-refractivity contribution in [1.29, 1.82) is 0 Å². The van der Waals surface area contributed by atoms with Gasteiger partial charge < -0.3 is 15.1 Å². The van der Waals surface area contributed by atoms with Crippen molar-refractivity contribution in [3.63, 3.8) is 0 Å². The predicted octanol–water partition coefficient (Wildman–Crippen LogP) is 0.539. The molecule has 4 heteroatoms. The second-order valence-corrected chi connectivity index (χ2v) is 5.92. The highest BCUT2D eigenvalue weighted by Crippen LogP contribution is 2.28. The summed E-state index contributed by atoms with van der Waals surface area (Å²) in [5.74, 6) is 0.352. The summed E-state index contributed by atoms with van der Waals surface area (Å²) in [6.45, 7) is 8.97. The maximum Gasteiger partial charge on any atom is 0.229 e. The zero-order valence-electron chi connectivity index (χ0n) is 11.3. The predicted molar refractivity (Wildman–Crippen MR) is 68.9 cm³/mol. The molecule has 0 radical (unpaired) electrons. The number of likely N-dealkylation sites (N-methyl/N-ethyl adjacent to an activating group) is 1. The highest BCUT2D eigenvalue weighted by atomic mass is 16.2. The van der Waals surface area contributed by atoms with Gasteiger partial charge in [0.05, 0.1) is 5.41 Å². The molecule has 0 saturated carbocycles. The topological polar surface area (TPSA) is 35.6 Å². The Morgan fingerprint density at radius 1 is 1.41 bits per heavy atom. The first kappa shape index (κ1) is 12.8. The minimum atomic E-state index is -0.173. The molecule has 2 atom stereocenters. The van der Waals surface area contributed by atoms with E-state index in [1.807, 2.05) is 0 Å². The molecule has 0 bridgehead atoms. The van der Waals surface area contributed by atoms with Gasteiger partial charge in [-0.1, -0.05) is 0 Å². The Bertz CT molecular complexity index is 286. The molecule has 2 rings (SSSR count). The Labute approximate surface area is 104 Å². The Balaban J connectivity index is 1.99. The molecule has 0 aromatic carbocycles. The highest BCUT2D eigenvalue weighted by Gasteiger charge is 2.39. The SMILES string of the molecule is CC1CN(C(=O)C2(C)CCCNC2)CCN1C. The number of hydrogen-bond acceptors (Lipinski definition) is 3. The van der Waals surface area contributed by atoms with E-state index < -0.39 is 0 Å². The van der Waals surface area contributed by atoms with Crippen LogP contribution in [-0.2, 0) is 4.79 Å². The van der Waals surface area contributed by atoms with Crippen LogP contribution in [0.25, 0.3) is 0 Å². The summed E-state index contributed by atoms with van der Waals surface area (Å²) in [5.41, 5.74) is -0.173. The third-order valence-electron chi connectivity index (χ3n) is 4.36. The maximum atomic E-state index is 12.6. The Kier molecular flexibility index (Phi) is 3.73. The van der Waals surface area contributed by atoms with E-state index in [-0.39, 0.29) is 5.41 Å². The molecule has 17 heavy (non-hydrogen) atoms. The molecule has 2 aliphatic rings. The Hall–Kier alpha value is -0.610. The van der Waals surface area contributed by atoms with E-state index in [1.54, 1.807) is 0 Å². The summed E-state index contributed by atoms with van der Waals surface area (Å²) in [4.78, 5) is 17.0. The molecule has 2 unspecified atom stereocenters. The first-order chi connectivity index (χ1) is 8.03. The number of hydrogen-bond donors (Lipinski definition) is 1. The molecule has 0 aliphatic carbocycles. The van der Waals surface area contributed by atoms with E-state index >= 15 is 0 Å². The van der Waals surface area contributed by atoms with Crippen LogP contribution in [0.15, 0.2) is 0 Å². The molecule has 0 aromatic rings. The van der Waals surface area contributed by atoms with Crippen molar-refractivity contribution in [2.75, 3.05) is 39.8 Å². The van der Waals surface area contributed by atoms with Gasteiger partial charge in [-0.25, -0.2) is 0 Å². The third-order valence-corrected chi connectivity index (χ3v) is 4.36. The van der Waals surface area contributed by atoms with Gasteiger partial charge in [-0.3, -0.25) is 4.79 Å². The number of carbonyl (C=O) groups excluding carboxylic acids is 1. The average molecular weight is 239 g/mol. The largest absolute Gasteiger partial charge is 0.339 e. The summed E-state index contributed by atoms with van der Waals surface area (Å²) < 4.78 is 0. The van der Waals surface area contributed by atoms with Gasteiger partial charge in [0.2, 0.25) is 5.91 Å². The standard InChI is InChI=1S/C13H25N3O/c1-11-9-16(8-7-15(11)3)12(17)13(2)5-4-6-14-10-13/h11,14H,4-10H2,1-3H3. The van der Waals surface area contributed by atoms with E-state index in [0.29, 0.717) is 11.9 Å². The molecule has 98 valence electrons. The van der Waals surface area contributed by atoms with Crippen molar-refractivity contribution in [2.24, 2.45) is 5.41 Å². The van der Waals surface area contributed by atoms with Crippen molar-refractivity contribution in [2.45, 2.75) is 32.7 Å². The lowest BCUT2D eigenvalue weighted by atomic mass is 9.81. The lowest BCUT2D eigenvalue weighted by molar-refractivity contribution is -0.144. The quantitative estimate of drug-likeness (QED) is 0.725. The van der Waals surface area contributed by atoms with Crippen LogP contribution >= 0.6 is 0 Å². The minimum absolute atomic E-state index is 0.173. The fourth-order valence-corrected chi connectivity index (χ4v) is 2.85. The van der Waals surface area contributed by atoms with Crippen LogP contribution in [0.1, 0.15) is 26.7 Å². The summed E-state index contributed by atoms with van der Waals surface area (Å²) in [7, 11) is 2.14. The average Bonchev–Trinajstić information content (AvgIpc) is 2.33. The summed E-state index contributed by atoms with van der Waals surface area (Å²) in [6.07, 6.45) is 2.14. The van der Waals surface area contributed by atoms with E-state index in [0.717, 1.165) is 45.6 Å². The second-order valence-electron chi connectivity index (χ2n) is 5.92. The summed E-state index contributed by atoms with van der Waals surface area (Å²) >= 11 is 0. The molecular weight excluding hydrogens is 214 g/mol. The lowest BCUT2D eigenvalue weighted by Crippen LogP contribution is -2.57. The van der Waals surface area contributed by atoms with E-state index in [2.05, 4.69) is 36.0 Å². The molecule has 2 fully saturated rings. The van der Waals surface area contributed by atoms with Crippen LogP contribution in [0.5, 0.6) is 0 Å². The molecule has 1 amide bonds. The molecule has 1 N–H and O–H groups in total. The van der Waals surface area contributed by atoms with E-state index in [9.17, 15) is 4.79 Å². The van der Waals surface area contributed by atoms with Crippen LogP contribution in [0.3, 0.4) is 0 Å².